The third kappa shape index (κ3) is 4.64. The third-order valence-electron chi connectivity index (χ3n) is 3.67. The quantitative estimate of drug-likeness (QED) is 0.835. The highest BCUT2D eigenvalue weighted by Crippen LogP contribution is 2.24. The molecule has 0 bridgehead atoms. The molecule has 6 nitrogen and oxygen atoms in total. The first-order valence-corrected chi connectivity index (χ1v) is 8.56. The Kier molecular flexibility index (Phi) is 5.77. The van der Waals surface area contributed by atoms with E-state index in [4.69, 9.17) is 4.52 Å². The number of carbonyl (C=O) groups excluding carboxylic acids is 1. The van der Waals surface area contributed by atoms with Crippen LogP contribution in [0.25, 0.3) is 0 Å². The Balaban J connectivity index is 1.98. The van der Waals surface area contributed by atoms with E-state index in [1.54, 1.807) is 0 Å². The summed E-state index contributed by atoms with van der Waals surface area (Å²) in [4.78, 5) is 18.6. The Bertz CT molecular complexity index is 709. The largest absolute Gasteiger partial charge is 0.338 e. The first-order valence-electron chi connectivity index (χ1n) is 7.77. The lowest BCUT2D eigenvalue weighted by Gasteiger charge is -2.21. The van der Waals surface area contributed by atoms with Gasteiger partial charge in [-0.25, -0.2) is 0 Å². The fraction of sp³-hybridized carbons (Fsp3) is 0.471. The number of aromatic nitrogens is 2. The van der Waals surface area contributed by atoms with Crippen molar-refractivity contribution < 1.29 is 9.32 Å². The Labute approximate surface area is 150 Å². The minimum atomic E-state index is -0.170. The van der Waals surface area contributed by atoms with E-state index >= 15 is 0 Å². The van der Waals surface area contributed by atoms with Crippen LogP contribution >= 0.6 is 15.9 Å². The van der Waals surface area contributed by atoms with Crippen LogP contribution in [0.15, 0.2) is 33.3 Å². The van der Waals surface area contributed by atoms with Crippen LogP contribution in [-0.2, 0) is 10.2 Å². The standard InChI is InChI=1S/C17H23BrN4O2/c1-11(15-20-16(21-24-15)17(2,3)4)22(5)10-14(23)19-13-9-7-6-8-12(13)18/h6-9,11H,10H2,1-5H3,(H,19,23)/t11-/m0/s1. The summed E-state index contributed by atoms with van der Waals surface area (Å²) in [5, 5.41) is 6.91. The minimum absolute atomic E-state index is 0.105. The van der Waals surface area contributed by atoms with E-state index in [1.807, 2.05) is 63.9 Å². The van der Waals surface area contributed by atoms with Crippen molar-refractivity contribution in [1.82, 2.24) is 15.0 Å². The summed E-state index contributed by atoms with van der Waals surface area (Å²) in [6, 6.07) is 7.35. The molecule has 1 aromatic heterocycles. The predicted octanol–water partition coefficient (Wildman–Crippen LogP) is 3.76. The molecule has 24 heavy (non-hydrogen) atoms. The maximum Gasteiger partial charge on any atom is 0.243 e. The van der Waals surface area contributed by atoms with E-state index in [0.29, 0.717) is 11.7 Å². The molecule has 0 aliphatic rings. The van der Waals surface area contributed by atoms with Crippen LogP contribution in [0.3, 0.4) is 0 Å². The van der Waals surface area contributed by atoms with Gasteiger partial charge in [-0.2, -0.15) is 4.98 Å². The Morgan fingerprint density at radius 2 is 2.04 bits per heavy atom. The van der Waals surface area contributed by atoms with Crippen molar-refractivity contribution in [3.05, 3.63) is 40.5 Å². The number of hydrogen-bond acceptors (Lipinski definition) is 5. The summed E-state index contributed by atoms with van der Waals surface area (Å²) >= 11 is 3.42. The lowest BCUT2D eigenvalue weighted by molar-refractivity contribution is -0.117. The zero-order valence-electron chi connectivity index (χ0n) is 14.6. The fourth-order valence-corrected chi connectivity index (χ4v) is 2.40. The van der Waals surface area contributed by atoms with Crippen molar-refractivity contribution in [2.45, 2.75) is 39.2 Å². The Morgan fingerprint density at radius 1 is 1.38 bits per heavy atom. The highest BCUT2D eigenvalue weighted by Gasteiger charge is 2.25. The molecule has 2 aromatic rings. The highest BCUT2D eigenvalue weighted by molar-refractivity contribution is 9.10. The van der Waals surface area contributed by atoms with Crippen LogP contribution in [0.4, 0.5) is 5.69 Å². The van der Waals surface area contributed by atoms with Gasteiger partial charge in [0.25, 0.3) is 0 Å². The van der Waals surface area contributed by atoms with E-state index in [2.05, 4.69) is 31.4 Å². The number of anilines is 1. The van der Waals surface area contributed by atoms with E-state index in [1.165, 1.54) is 0 Å². The maximum absolute atomic E-state index is 12.2. The molecule has 2 rings (SSSR count). The SMILES string of the molecule is C[C@@H](c1nc(C(C)(C)C)no1)N(C)CC(=O)Nc1ccccc1Br. The molecule has 7 heteroatoms. The van der Waals surface area contributed by atoms with Crippen LogP contribution in [0.2, 0.25) is 0 Å². The average Bonchev–Trinajstić information content (AvgIpc) is 2.98. The van der Waals surface area contributed by atoms with Gasteiger partial charge in [-0.1, -0.05) is 38.1 Å². The van der Waals surface area contributed by atoms with Crippen molar-refractivity contribution in [3.63, 3.8) is 0 Å². The zero-order valence-corrected chi connectivity index (χ0v) is 16.2. The van der Waals surface area contributed by atoms with Crippen LogP contribution in [0.5, 0.6) is 0 Å². The van der Waals surface area contributed by atoms with Crippen molar-refractivity contribution >= 4 is 27.5 Å². The molecule has 1 atom stereocenters. The molecule has 0 spiro atoms. The molecule has 0 aliphatic carbocycles. The molecule has 1 amide bonds. The molecule has 1 N–H and O–H groups in total. The van der Waals surface area contributed by atoms with Crippen LogP contribution in [-0.4, -0.2) is 34.5 Å². The summed E-state index contributed by atoms with van der Waals surface area (Å²) < 4.78 is 6.20. The first-order chi connectivity index (χ1) is 11.2. The first kappa shape index (κ1) is 18.6. The lowest BCUT2D eigenvalue weighted by Crippen LogP contribution is -2.32. The summed E-state index contributed by atoms with van der Waals surface area (Å²) in [6.07, 6.45) is 0. The van der Waals surface area contributed by atoms with Crippen molar-refractivity contribution in [2.75, 3.05) is 18.9 Å². The molecule has 0 saturated carbocycles. The van der Waals surface area contributed by atoms with Gasteiger partial charge in [0.05, 0.1) is 18.3 Å². The second-order valence-corrected chi connectivity index (χ2v) is 7.68. The van der Waals surface area contributed by atoms with Crippen LogP contribution in [0.1, 0.15) is 45.5 Å². The average molecular weight is 395 g/mol. The molecule has 0 aliphatic heterocycles. The van der Waals surface area contributed by atoms with Crippen molar-refractivity contribution in [3.8, 4) is 0 Å². The topological polar surface area (TPSA) is 71.3 Å². The number of hydrogen-bond donors (Lipinski definition) is 1. The monoisotopic (exact) mass is 394 g/mol. The van der Waals surface area contributed by atoms with E-state index < -0.39 is 0 Å². The van der Waals surface area contributed by atoms with Gasteiger partial charge < -0.3 is 9.84 Å². The number of rotatable bonds is 5. The number of halogens is 1. The van der Waals surface area contributed by atoms with Gasteiger partial charge in [0.15, 0.2) is 5.82 Å². The molecule has 130 valence electrons. The van der Waals surface area contributed by atoms with E-state index in [-0.39, 0.29) is 23.9 Å². The van der Waals surface area contributed by atoms with E-state index in [9.17, 15) is 4.79 Å². The number of para-hydroxylation sites is 1. The van der Waals surface area contributed by atoms with Gasteiger partial charge >= 0.3 is 0 Å². The molecular weight excluding hydrogens is 372 g/mol. The molecule has 1 aromatic carbocycles. The highest BCUT2D eigenvalue weighted by atomic mass is 79.9. The van der Waals surface area contributed by atoms with Crippen molar-refractivity contribution in [2.24, 2.45) is 0 Å². The molecule has 0 saturated heterocycles. The van der Waals surface area contributed by atoms with E-state index in [0.717, 1.165) is 10.2 Å². The zero-order chi connectivity index (χ0) is 17.9. The molecule has 0 radical (unpaired) electrons. The summed E-state index contributed by atoms with van der Waals surface area (Å²) in [5.41, 5.74) is 0.577. The molecule has 0 unspecified atom stereocenters. The number of likely N-dealkylation sites (N-methyl/N-ethyl adjacent to an activating group) is 1. The summed E-state index contributed by atoms with van der Waals surface area (Å²) in [6.45, 7) is 8.24. The van der Waals surface area contributed by atoms with Gasteiger partial charge in [0.2, 0.25) is 11.8 Å². The Morgan fingerprint density at radius 3 is 2.62 bits per heavy atom. The van der Waals surface area contributed by atoms with Crippen LogP contribution < -0.4 is 5.32 Å². The van der Waals surface area contributed by atoms with Gasteiger partial charge in [-0.3, -0.25) is 9.69 Å². The molecule has 1 heterocycles. The second kappa shape index (κ2) is 7.44. The molecule has 0 fully saturated rings. The van der Waals surface area contributed by atoms with Gasteiger partial charge in [0.1, 0.15) is 0 Å². The number of amides is 1. The second-order valence-electron chi connectivity index (χ2n) is 6.83. The number of carbonyl (C=O) groups is 1. The van der Waals surface area contributed by atoms with Gasteiger partial charge in [-0.05, 0) is 42.0 Å². The van der Waals surface area contributed by atoms with Gasteiger partial charge in [0, 0.05) is 9.89 Å². The Hall–Kier alpha value is -1.73. The number of nitrogens with one attached hydrogen (secondary N) is 1. The van der Waals surface area contributed by atoms with Crippen molar-refractivity contribution in [1.29, 1.82) is 0 Å². The number of benzene rings is 1. The van der Waals surface area contributed by atoms with Crippen LogP contribution in [0, 0.1) is 0 Å². The summed E-state index contributed by atoms with van der Waals surface area (Å²) in [5.74, 6) is 1.07. The number of nitrogens with zero attached hydrogens (tertiary/aromatic N) is 3. The predicted molar refractivity (Wildman–Crippen MR) is 96.8 cm³/mol. The minimum Gasteiger partial charge on any atom is -0.338 e. The third-order valence-corrected chi connectivity index (χ3v) is 4.36. The lowest BCUT2D eigenvalue weighted by atomic mass is 9.96. The smallest absolute Gasteiger partial charge is 0.243 e. The molecular formula is C17H23BrN4O2. The van der Waals surface area contributed by atoms with Gasteiger partial charge in [-0.15, -0.1) is 0 Å². The maximum atomic E-state index is 12.2. The normalized spacial score (nSPS) is 13.1. The fourth-order valence-electron chi connectivity index (χ4n) is 2.01. The summed E-state index contributed by atoms with van der Waals surface area (Å²) in [7, 11) is 1.85.